The molecule has 0 amide bonds. The van der Waals surface area contributed by atoms with Gasteiger partial charge < -0.3 is 0 Å². The van der Waals surface area contributed by atoms with Crippen molar-refractivity contribution in [3.05, 3.63) is 11.6 Å². The third-order valence-electron chi connectivity index (χ3n) is 1.46. The Balaban J connectivity index is 3.48. The number of rotatable bonds is 5. The van der Waals surface area contributed by atoms with Crippen molar-refractivity contribution in [3.63, 3.8) is 0 Å². The second-order valence-corrected chi connectivity index (χ2v) is 2.75. The Morgan fingerprint density at radius 2 is 2.09 bits per heavy atom. The van der Waals surface area contributed by atoms with Gasteiger partial charge in [-0.25, -0.2) is 0 Å². The minimum atomic E-state index is 0.978. The lowest BCUT2D eigenvalue weighted by Gasteiger charge is -1.90. The summed E-state index contributed by atoms with van der Waals surface area (Å²) in [6, 6.07) is 0. The van der Waals surface area contributed by atoms with Gasteiger partial charge in [0.2, 0.25) is 0 Å². The van der Waals surface area contributed by atoms with Crippen LogP contribution < -0.4 is 0 Å². The van der Waals surface area contributed by atoms with Gasteiger partial charge in [0.15, 0.2) is 0 Å². The summed E-state index contributed by atoms with van der Waals surface area (Å²) in [5.74, 6) is 0. The third-order valence-corrected chi connectivity index (χ3v) is 1.46. The van der Waals surface area contributed by atoms with Crippen LogP contribution in [0.25, 0.3) is 0 Å². The Kier molecular flexibility index (Phi) is 7.11. The Bertz CT molecular complexity index is 134. The van der Waals surface area contributed by atoms with Gasteiger partial charge in [-0.05, 0) is 25.3 Å². The molecule has 1 heteroatoms. The summed E-state index contributed by atoms with van der Waals surface area (Å²) in [6.07, 6.45) is 7.70. The zero-order valence-corrected chi connectivity index (χ0v) is 7.93. The van der Waals surface area contributed by atoms with Crippen molar-refractivity contribution in [2.45, 2.75) is 40.0 Å². The predicted molar refractivity (Wildman–Crippen MR) is 52.3 cm³/mol. The highest BCUT2D eigenvalue weighted by molar-refractivity contribution is 5.77. The molecule has 0 N–H and O–H groups in total. The topological polar surface area (TPSA) is 12.4 Å². The normalized spacial score (nSPS) is 12.8. The first kappa shape index (κ1) is 10.4. The Morgan fingerprint density at radius 1 is 1.36 bits per heavy atom. The molecule has 0 heterocycles. The molecule has 0 atom stereocenters. The van der Waals surface area contributed by atoms with Crippen LogP contribution in [0.2, 0.25) is 0 Å². The van der Waals surface area contributed by atoms with Gasteiger partial charge in [-0.1, -0.05) is 26.3 Å². The number of nitrogens with zero attached hydrogens (tertiary/aromatic N) is 1. The molecule has 0 aromatic rings. The highest BCUT2D eigenvalue weighted by Crippen LogP contribution is 1.92. The molecule has 0 aromatic carbocycles. The first-order valence-electron chi connectivity index (χ1n) is 4.47. The van der Waals surface area contributed by atoms with E-state index in [1.165, 1.54) is 18.4 Å². The van der Waals surface area contributed by atoms with Crippen LogP contribution in [0, 0.1) is 0 Å². The third kappa shape index (κ3) is 7.31. The quantitative estimate of drug-likeness (QED) is 0.425. The van der Waals surface area contributed by atoms with Gasteiger partial charge in [0.1, 0.15) is 0 Å². The number of hydrogen-bond donors (Lipinski definition) is 0. The van der Waals surface area contributed by atoms with E-state index in [0.29, 0.717) is 0 Å². The van der Waals surface area contributed by atoms with E-state index in [9.17, 15) is 0 Å². The van der Waals surface area contributed by atoms with Crippen LogP contribution in [0.4, 0.5) is 0 Å². The largest absolute Gasteiger partial charge is 0.293 e. The van der Waals surface area contributed by atoms with E-state index in [4.69, 9.17) is 0 Å². The monoisotopic (exact) mass is 153 g/mol. The van der Waals surface area contributed by atoms with Gasteiger partial charge in [0.05, 0.1) is 0 Å². The van der Waals surface area contributed by atoms with Crippen molar-refractivity contribution in [1.29, 1.82) is 0 Å². The summed E-state index contributed by atoms with van der Waals surface area (Å²) >= 11 is 0. The molecule has 0 aliphatic carbocycles. The first-order valence-corrected chi connectivity index (χ1v) is 4.47. The maximum Gasteiger partial charge on any atom is 0.0389 e. The summed E-state index contributed by atoms with van der Waals surface area (Å²) in [4.78, 5) is 4.29. The van der Waals surface area contributed by atoms with Crippen molar-refractivity contribution < 1.29 is 0 Å². The van der Waals surface area contributed by atoms with Gasteiger partial charge in [0, 0.05) is 12.8 Å². The van der Waals surface area contributed by atoms with Crippen LogP contribution in [0.15, 0.2) is 16.6 Å². The molecule has 0 aliphatic rings. The summed E-state index contributed by atoms with van der Waals surface area (Å²) in [6.45, 7) is 7.40. The molecule has 0 unspecified atom stereocenters. The average Bonchev–Trinajstić information content (AvgIpc) is 1.99. The van der Waals surface area contributed by atoms with Crippen molar-refractivity contribution in [2.75, 3.05) is 6.54 Å². The van der Waals surface area contributed by atoms with E-state index in [-0.39, 0.29) is 0 Å². The number of hydrogen-bond acceptors (Lipinski definition) is 1. The molecule has 0 bridgehead atoms. The van der Waals surface area contributed by atoms with Crippen LogP contribution >= 0.6 is 0 Å². The molecule has 0 radical (unpaired) electrons. The van der Waals surface area contributed by atoms with Gasteiger partial charge in [-0.2, -0.15) is 0 Å². The molecule has 1 nitrogen and oxygen atoms in total. The fourth-order valence-electron chi connectivity index (χ4n) is 0.833. The maximum atomic E-state index is 4.29. The molecule has 0 saturated heterocycles. The van der Waals surface area contributed by atoms with E-state index >= 15 is 0 Å². The predicted octanol–water partition coefficient (Wildman–Crippen LogP) is 3.21. The van der Waals surface area contributed by atoms with Crippen molar-refractivity contribution in [2.24, 2.45) is 4.99 Å². The van der Waals surface area contributed by atoms with Gasteiger partial charge in [-0.3, -0.25) is 4.99 Å². The second kappa shape index (κ2) is 7.52. The van der Waals surface area contributed by atoms with E-state index in [1.54, 1.807) is 0 Å². The minimum Gasteiger partial charge on any atom is -0.293 e. The summed E-state index contributed by atoms with van der Waals surface area (Å²) in [7, 11) is 0. The molecule has 0 rings (SSSR count). The standard InChI is InChI=1S/C10H19N/c1-4-6-8-11-9-10(3)7-5-2/h7,9H,4-6,8H2,1-3H3/b10-7+,11-9?. The zero-order chi connectivity index (χ0) is 8.53. The lowest BCUT2D eigenvalue weighted by molar-refractivity contribution is 0.810. The summed E-state index contributed by atoms with van der Waals surface area (Å²) in [5.41, 5.74) is 1.28. The van der Waals surface area contributed by atoms with Gasteiger partial charge >= 0.3 is 0 Å². The smallest absolute Gasteiger partial charge is 0.0389 e. The molecular weight excluding hydrogens is 134 g/mol. The van der Waals surface area contributed by atoms with Crippen LogP contribution in [0.1, 0.15) is 40.0 Å². The highest BCUT2D eigenvalue weighted by atomic mass is 14.7. The molecule has 0 aliphatic heterocycles. The first-order chi connectivity index (χ1) is 5.31. The fourth-order valence-corrected chi connectivity index (χ4v) is 0.833. The number of unbranched alkanes of at least 4 members (excludes halogenated alkanes) is 1. The SMILES string of the molecule is CC/C=C(\C)C=NCCCC. The lowest BCUT2D eigenvalue weighted by Crippen LogP contribution is -1.82. The van der Waals surface area contributed by atoms with E-state index in [1.807, 2.05) is 6.21 Å². The van der Waals surface area contributed by atoms with E-state index in [0.717, 1.165) is 13.0 Å². The van der Waals surface area contributed by atoms with E-state index < -0.39 is 0 Å². The Morgan fingerprint density at radius 3 is 2.64 bits per heavy atom. The van der Waals surface area contributed by atoms with Crippen molar-refractivity contribution in [1.82, 2.24) is 0 Å². The van der Waals surface area contributed by atoms with E-state index in [2.05, 4.69) is 31.8 Å². The molecular formula is C10H19N. The van der Waals surface area contributed by atoms with Crippen molar-refractivity contribution >= 4 is 6.21 Å². The van der Waals surface area contributed by atoms with Crippen LogP contribution in [-0.4, -0.2) is 12.8 Å². The number of aliphatic imine (C=N–C) groups is 1. The lowest BCUT2D eigenvalue weighted by atomic mass is 10.3. The van der Waals surface area contributed by atoms with Crippen LogP contribution in [0.5, 0.6) is 0 Å². The fraction of sp³-hybridized carbons (Fsp3) is 0.700. The molecule has 64 valence electrons. The van der Waals surface area contributed by atoms with Gasteiger partial charge in [0.25, 0.3) is 0 Å². The minimum absolute atomic E-state index is 0.978. The maximum absolute atomic E-state index is 4.29. The molecule has 0 saturated carbocycles. The second-order valence-electron chi connectivity index (χ2n) is 2.75. The summed E-state index contributed by atoms with van der Waals surface area (Å²) in [5, 5.41) is 0. The zero-order valence-electron chi connectivity index (χ0n) is 7.93. The van der Waals surface area contributed by atoms with Crippen LogP contribution in [0.3, 0.4) is 0 Å². The Labute approximate surface area is 70.2 Å². The van der Waals surface area contributed by atoms with Crippen LogP contribution in [-0.2, 0) is 0 Å². The Hall–Kier alpha value is -0.590. The number of allylic oxidation sites excluding steroid dienone is 2. The van der Waals surface area contributed by atoms with Crippen molar-refractivity contribution in [3.8, 4) is 0 Å². The molecule has 11 heavy (non-hydrogen) atoms. The summed E-state index contributed by atoms with van der Waals surface area (Å²) < 4.78 is 0. The van der Waals surface area contributed by atoms with Gasteiger partial charge in [-0.15, -0.1) is 0 Å². The molecule has 0 spiro atoms. The molecule has 0 fully saturated rings. The highest BCUT2D eigenvalue weighted by Gasteiger charge is 1.80. The average molecular weight is 153 g/mol. The molecule has 0 aromatic heterocycles.